The number of methoxy groups -OCH3 is 3. The fourth-order valence-electron chi connectivity index (χ4n) is 2.00. The summed E-state index contributed by atoms with van der Waals surface area (Å²) < 4.78 is 42.2. The van der Waals surface area contributed by atoms with E-state index in [2.05, 4.69) is 10.0 Å². The van der Waals surface area contributed by atoms with Gasteiger partial charge in [-0.1, -0.05) is 0 Å². The molecule has 0 aliphatic carbocycles. The first-order valence-electron chi connectivity index (χ1n) is 7.28. The molecule has 0 saturated heterocycles. The summed E-state index contributed by atoms with van der Waals surface area (Å²) in [7, 11) is 0.500. The summed E-state index contributed by atoms with van der Waals surface area (Å²) in [5, 5.41) is 2.66. The molecule has 1 aromatic carbocycles. The van der Waals surface area contributed by atoms with Gasteiger partial charge in [0, 0.05) is 19.2 Å². The highest BCUT2D eigenvalue weighted by Gasteiger charge is 2.24. The number of amides is 1. The van der Waals surface area contributed by atoms with Crippen molar-refractivity contribution in [2.75, 3.05) is 27.9 Å². The monoisotopic (exact) mass is 360 g/mol. The molecule has 0 aliphatic rings. The number of ether oxygens (including phenoxy) is 3. The van der Waals surface area contributed by atoms with Crippen LogP contribution < -0.4 is 19.5 Å². The van der Waals surface area contributed by atoms with Gasteiger partial charge in [0.15, 0.2) is 11.5 Å². The molecule has 0 bridgehead atoms. The van der Waals surface area contributed by atoms with Crippen LogP contribution in [0.1, 0.15) is 13.8 Å². The zero-order chi connectivity index (χ0) is 18.3. The van der Waals surface area contributed by atoms with Gasteiger partial charge < -0.3 is 19.5 Å². The van der Waals surface area contributed by atoms with Crippen LogP contribution in [-0.4, -0.2) is 54.3 Å². The number of carbonyl (C=O) groups is 1. The predicted octanol–water partition coefficient (Wildman–Crippen LogP) is 0.522. The van der Waals surface area contributed by atoms with Gasteiger partial charge in [-0.2, -0.15) is 4.72 Å². The molecule has 9 heteroatoms. The lowest BCUT2D eigenvalue weighted by Crippen LogP contribution is -2.48. The van der Waals surface area contributed by atoms with Crippen LogP contribution in [0.3, 0.4) is 0 Å². The van der Waals surface area contributed by atoms with E-state index in [1.807, 2.05) is 0 Å². The Kier molecular flexibility index (Phi) is 7.46. The minimum Gasteiger partial charge on any atom is -0.493 e. The van der Waals surface area contributed by atoms with Gasteiger partial charge in [-0.05, 0) is 26.0 Å². The lowest BCUT2D eigenvalue weighted by atomic mass is 10.3. The van der Waals surface area contributed by atoms with Crippen LogP contribution in [0.4, 0.5) is 0 Å². The van der Waals surface area contributed by atoms with Crippen LogP contribution in [0.25, 0.3) is 0 Å². The van der Waals surface area contributed by atoms with Crippen molar-refractivity contribution in [2.24, 2.45) is 0 Å². The average Bonchev–Trinajstić information content (AvgIpc) is 2.53. The van der Waals surface area contributed by atoms with Crippen LogP contribution >= 0.6 is 0 Å². The van der Waals surface area contributed by atoms with E-state index in [1.165, 1.54) is 46.5 Å². The van der Waals surface area contributed by atoms with Crippen molar-refractivity contribution in [1.82, 2.24) is 10.0 Å². The zero-order valence-corrected chi connectivity index (χ0v) is 15.3. The highest BCUT2D eigenvalue weighted by atomic mass is 32.2. The first-order chi connectivity index (χ1) is 11.2. The van der Waals surface area contributed by atoms with Gasteiger partial charge in [-0.25, -0.2) is 8.42 Å². The molecule has 0 spiro atoms. The summed E-state index contributed by atoms with van der Waals surface area (Å²) in [5.41, 5.74) is 0. The molecular weight excluding hydrogens is 336 g/mol. The van der Waals surface area contributed by atoms with Gasteiger partial charge in [0.05, 0.1) is 31.8 Å². The van der Waals surface area contributed by atoms with E-state index >= 15 is 0 Å². The predicted molar refractivity (Wildman–Crippen MR) is 88.8 cm³/mol. The molecule has 0 saturated carbocycles. The molecular formula is C15H24N2O6S. The summed E-state index contributed by atoms with van der Waals surface area (Å²) in [6, 6.07) is 3.03. The Balaban J connectivity index is 2.87. The zero-order valence-electron chi connectivity index (χ0n) is 14.5. The van der Waals surface area contributed by atoms with Crippen molar-refractivity contribution in [2.45, 2.75) is 30.8 Å². The van der Waals surface area contributed by atoms with E-state index in [0.717, 1.165) is 0 Å². The maximum absolute atomic E-state index is 12.4. The van der Waals surface area contributed by atoms with E-state index in [4.69, 9.17) is 14.2 Å². The Morgan fingerprint density at radius 3 is 2.29 bits per heavy atom. The Bertz CT molecular complexity index is 662. The van der Waals surface area contributed by atoms with Crippen molar-refractivity contribution >= 4 is 15.9 Å². The third-order valence-electron chi connectivity index (χ3n) is 3.20. The fourth-order valence-corrected chi connectivity index (χ4v) is 3.22. The molecule has 1 rings (SSSR count). The Morgan fingerprint density at radius 1 is 1.12 bits per heavy atom. The SMILES string of the molecule is COC[C@@H](C)NC(=O)[C@H](C)NS(=O)(=O)c1ccc(OC)c(OC)c1. The molecule has 136 valence electrons. The van der Waals surface area contributed by atoms with Crippen LogP contribution in [0.2, 0.25) is 0 Å². The van der Waals surface area contributed by atoms with E-state index in [-0.39, 0.29) is 16.7 Å². The number of carbonyl (C=O) groups excluding carboxylic acids is 1. The normalized spacial score (nSPS) is 13.9. The van der Waals surface area contributed by atoms with Gasteiger partial charge in [0.25, 0.3) is 0 Å². The molecule has 1 amide bonds. The molecule has 0 fully saturated rings. The summed E-state index contributed by atoms with van der Waals surface area (Å²) in [4.78, 5) is 12.0. The van der Waals surface area contributed by atoms with Crippen LogP contribution in [0, 0.1) is 0 Å². The smallest absolute Gasteiger partial charge is 0.241 e. The minimum atomic E-state index is -3.89. The van der Waals surface area contributed by atoms with E-state index < -0.39 is 22.0 Å². The van der Waals surface area contributed by atoms with Crippen LogP contribution in [-0.2, 0) is 19.6 Å². The summed E-state index contributed by atoms with van der Waals surface area (Å²) in [5.74, 6) is 0.255. The van der Waals surface area contributed by atoms with Gasteiger partial charge in [-0.15, -0.1) is 0 Å². The standard InChI is InChI=1S/C15H24N2O6S/c1-10(9-21-3)16-15(18)11(2)17-24(19,20)12-6-7-13(22-4)14(8-12)23-5/h6-8,10-11,17H,9H2,1-5H3,(H,16,18)/t10-,11+/m1/s1. The summed E-state index contributed by atoms with van der Waals surface area (Å²) >= 11 is 0. The van der Waals surface area contributed by atoms with Gasteiger partial charge in [0.1, 0.15) is 0 Å². The van der Waals surface area contributed by atoms with Crippen molar-refractivity contribution < 1.29 is 27.4 Å². The van der Waals surface area contributed by atoms with E-state index in [1.54, 1.807) is 6.92 Å². The quantitative estimate of drug-likeness (QED) is 0.666. The van der Waals surface area contributed by atoms with Crippen LogP contribution in [0.15, 0.2) is 23.1 Å². The summed E-state index contributed by atoms with van der Waals surface area (Å²) in [6.45, 7) is 3.56. The summed E-state index contributed by atoms with van der Waals surface area (Å²) in [6.07, 6.45) is 0. The second-order valence-electron chi connectivity index (χ2n) is 5.22. The molecule has 8 nitrogen and oxygen atoms in total. The molecule has 0 unspecified atom stereocenters. The fraction of sp³-hybridized carbons (Fsp3) is 0.533. The van der Waals surface area contributed by atoms with Gasteiger partial charge in [-0.3, -0.25) is 4.79 Å². The van der Waals surface area contributed by atoms with Crippen molar-refractivity contribution in [1.29, 1.82) is 0 Å². The van der Waals surface area contributed by atoms with Crippen molar-refractivity contribution in [3.8, 4) is 11.5 Å². The Hall–Kier alpha value is -1.84. The molecule has 0 aromatic heterocycles. The van der Waals surface area contributed by atoms with Gasteiger partial charge >= 0.3 is 0 Å². The number of hydrogen-bond acceptors (Lipinski definition) is 6. The second-order valence-corrected chi connectivity index (χ2v) is 6.94. The van der Waals surface area contributed by atoms with Crippen molar-refractivity contribution in [3.05, 3.63) is 18.2 Å². The molecule has 0 aliphatic heterocycles. The lowest BCUT2D eigenvalue weighted by molar-refractivity contribution is -0.123. The first kappa shape index (κ1) is 20.2. The largest absolute Gasteiger partial charge is 0.493 e. The second kappa shape index (κ2) is 8.86. The van der Waals surface area contributed by atoms with Crippen molar-refractivity contribution in [3.63, 3.8) is 0 Å². The van der Waals surface area contributed by atoms with Crippen LogP contribution in [0.5, 0.6) is 11.5 Å². The average molecular weight is 360 g/mol. The number of rotatable bonds is 9. The minimum absolute atomic E-state index is 0.0234. The number of nitrogens with one attached hydrogen (secondary N) is 2. The molecule has 0 heterocycles. The molecule has 2 N–H and O–H groups in total. The number of benzene rings is 1. The lowest BCUT2D eigenvalue weighted by Gasteiger charge is -2.18. The maximum atomic E-state index is 12.4. The van der Waals surface area contributed by atoms with Gasteiger partial charge in [0.2, 0.25) is 15.9 Å². The van der Waals surface area contributed by atoms with E-state index in [9.17, 15) is 13.2 Å². The highest BCUT2D eigenvalue weighted by Crippen LogP contribution is 2.29. The first-order valence-corrected chi connectivity index (χ1v) is 8.77. The molecule has 24 heavy (non-hydrogen) atoms. The molecule has 2 atom stereocenters. The highest BCUT2D eigenvalue weighted by molar-refractivity contribution is 7.89. The maximum Gasteiger partial charge on any atom is 0.241 e. The Labute approximate surface area is 142 Å². The van der Waals surface area contributed by atoms with E-state index in [0.29, 0.717) is 12.4 Å². The third kappa shape index (κ3) is 5.36. The third-order valence-corrected chi connectivity index (χ3v) is 4.73. The Morgan fingerprint density at radius 2 is 1.75 bits per heavy atom. The topological polar surface area (TPSA) is 103 Å². The molecule has 0 radical (unpaired) electrons. The molecule has 1 aromatic rings. The number of hydrogen-bond donors (Lipinski definition) is 2. The number of sulfonamides is 1.